The van der Waals surface area contributed by atoms with Crippen LogP contribution in [0.25, 0.3) is 11.1 Å². The number of ketones is 1. The molecule has 0 saturated carbocycles. The number of nitrogens with one attached hydrogen (secondary N) is 1. The zero-order valence-corrected chi connectivity index (χ0v) is 16.8. The quantitative estimate of drug-likeness (QED) is 0.296. The Morgan fingerprint density at radius 3 is 2.38 bits per heavy atom. The first kappa shape index (κ1) is 18.9. The maximum absolute atomic E-state index is 13.9. The Kier molecular flexibility index (Phi) is 5.41. The van der Waals surface area contributed by atoms with Crippen LogP contribution >= 0.6 is 15.9 Å². The van der Waals surface area contributed by atoms with Crippen molar-refractivity contribution in [3.8, 4) is 23.0 Å². The SMILES string of the molecule is O=C(c1ccc(Br)cc1)c1c[nH]cc1-c1ccc(F)cc1C#Cc1ccccc1. The summed E-state index contributed by atoms with van der Waals surface area (Å²) in [5, 5.41) is 0. The molecule has 4 heteroatoms. The maximum atomic E-state index is 13.9. The molecule has 0 saturated heterocycles. The Morgan fingerprint density at radius 1 is 0.862 bits per heavy atom. The minimum atomic E-state index is -0.373. The standard InChI is InChI=1S/C25H15BrFNO/c26-20-10-8-18(9-11-20)25(29)24-16-28-15-23(24)22-13-12-21(27)14-19(22)7-6-17-4-2-1-3-5-17/h1-5,8-16,28H. The van der Waals surface area contributed by atoms with Gasteiger partial charge in [0.25, 0.3) is 0 Å². The molecule has 29 heavy (non-hydrogen) atoms. The summed E-state index contributed by atoms with van der Waals surface area (Å²) < 4.78 is 14.8. The first-order chi connectivity index (χ1) is 14.1. The van der Waals surface area contributed by atoms with Gasteiger partial charge in [-0.2, -0.15) is 0 Å². The zero-order chi connectivity index (χ0) is 20.2. The molecule has 0 atom stereocenters. The van der Waals surface area contributed by atoms with E-state index < -0.39 is 0 Å². The average molecular weight is 444 g/mol. The Morgan fingerprint density at radius 2 is 1.62 bits per heavy atom. The van der Waals surface area contributed by atoms with Gasteiger partial charge in [-0.15, -0.1) is 0 Å². The van der Waals surface area contributed by atoms with E-state index in [-0.39, 0.29) is 11.6 Å². The molecule has 4 aromatic rings. The van der Waals surface area contributed by atoms with Crippen molar-refractivity contribution >= 4 is 21.7 Å². The summed E-state index contributed by atoms with van der Waals surface area (Å²) in [5.41, 5.74) is 3.85. The lowest BCUT2D eigenvalue weighted by Crippen LogP contribution is -2.02. The molecular weight excluding hydrogens is 429 g/mol. The van der Waals surface area contributed by atoms with Crippen LogP contribution in [0, 0.1) is 17.7 Å². The van der Waals surface area contributed by atoms with Gasteiger partial charge in [0, 0.05) is 44.7 Å². The van der Waals surface area contributed by atoms with Crippen molar-refractivity contribution in [3.63, 3.8) is 0 Å². The van der Waals surface area contributed by atoms with E-state index in [0.29, 0.717) is 27.8 Å². The Labute approximate surface area is 176 Å². The van der Waals surface area contributed by atoms with Gasteiger partial charge in [-0.25, -0.2) is 4.39 Å². The Hall–Kier alpha value is -3.42. The first-order valence-corrected chi connectivity index (χ1v) is 9.75. The molecule has 0 aliphatic carbocycles. The molecule has 0 radical (unpaired) electrons. The van der Waals surface area contributed by atoms with E-state index in [1.807, 2.05) is 42.5 Å². The van der Waals surface area contributed by atoms with Crippen LogP contribution < -0.4 is 0 Å². The van der Waals surface area contributed by atoms with Gasteiger partial charge in [-0.3, -0.25) is 4.79 Å². The second-order valence-electron chi connectivity index (χ2n) is 6.42. The Bertz CT molecular complexity index is 1230. The van der Waals surface area contributed by atoms with E-state index in [4.69, 9.17) is 0 Å². The van der Waals surface area contributed by atoms with Gasteiger partial charge in [0.2, 0.25) is 0 Å². The highest BCUT2D eigenvalue weighted by Crippen LogP contribution is 2.29. The normalized spacial score (nSPS) is 10.3. The van der Waals surface area contributed by atoms with Crippen molar-refractivity contribution in [2.75, 3.05) is 0 Å². The summed E-state index contributed by atoms with van der Waals surface area (Å²) in [4.78, 5) is 16.0. The average Bonchev–Trinajstić information content (AvgIpc) is 3.23. The fourth-order valence-corrected chi connectivity index (χ4v) is 3.31. The van der Waals surface area contributed by atoms with Gasteiger partial charge in [-0.1, -0.05) is 52.0 Å². The van der Waals surface area contributed by atoms with Crippen LogP contribution in [-0.2, 0) is 0 Å². The second-order valence-corrected chi connectivity index (χ2v) is 7.34. The molecule has 1 aromatic heterocycles. The van der Waals surface area contributed by atoms with Gasteiger partial charge in [0.05, 0.1) is 0 Å². The fourth-order valence-electron chi connectivity index (χ4n) is 3.05. The number of hydrogen-bond acceptors (Lipinski definition) is 1. The summed E-state index contributed by atoms with van der Waals surface area (Å²) in [7, 11) is 0. The van der Waals surface area contributed by atoms with Crippen LogP contribution in [0.1, 0.15) is 27.0 Å². The van der Waals surface area contributed by atoms with Crippen molar-refractivity contribution < 1.29 is 9.18 Å². The number of aromatic nitrogens is 1. The molecule has 0 bridgehead atoms. The molecule has 0 amide bonds. The molecule has 4 rings (SSSR count). The number of aromatic amines is 1. The van der Waals surface area contributed by atoms with E-state index in [1.54, 1.807) is 30.6 Å². The number of H-pyrrole nitrogens is 1. The lowest BCUT2D eigenvalue weighted by atomic mass is 9.95. The van der Waals surface area contributed by atoms with Gasteiger partial charge >= 0.3 is 0 Å². The summed E-state index contributed by atoms with van der Waals surface area (Å²) in [6.07, 6.45) is 3.41. The minimum absolute atomic E-state index is 0.111. The molecular formula is C25H15BrFNO. The predicted octanol–water partition coefficient (Wildman–Crippen LogP) is 6.21. The molecule has 2 nitrogen and oxygen atoms in total. The summed E-state index contributed by atoms with van der Waals surface area (Å²) >= 11 is 3.38. The summed E-state index contributed by atoms with van der Waals surface area (Å²) in [5.74, 6) is 5.63. The minimum Gasteiger partial charge on any atom is -0.366 e. The monoisotopic (exact) mass is 443 g/mol. The summed E-state index contributed by atoms with van der Waals surface area (Å²) in [6.45, 7) is 0. The first-order valence-electron chi connectivity index (χ1n) is 8.96. The number of carbonyl (C=O) groups excluding carboxylic acids is 1. The number of carbonyl (C=O) groups is 1. The molecule has 3 aromatic carbocycles. The van der Waals surface area contributed by atoms with E-state index in [1.165, 1.54) is 12.1 Å². The molecule has 0 spiro atoms. The number of halogens is 2. The van der Waals surface area contributed by atoms with Crippen LogP contribution in [0.3, 0.4) is 0 Å². The van der Waals surface area contributed by atoms with Gasteiger partial charge in [0.1, 0.15) is 5.82 Å². The second kappa shape index (κ2) is 8.30. The molecule has 1 heterocycles. The third-order valence-electron chi connectivity index (χ3n) is 4.48. The highest BCUT2D eigenvalue weighted by atomic mass is 79.9. The van der Waals surface area contributed by atoms with E-state index in [2.05, 4.69) is 32.8 Å². The van der Waals surface area contributed by atoms with Crippen molar-refractivity contribution in [2.45, 2.75) is 0 Å². The molecule has 0 aliphatic rings. The molecule has 0 aliphatic heterocycles. The highest BCUT2D eigenvalue weighted by Gasteiger charge is 2.18. The molecule has 0 unspecified atom stereocenters. The van der Waals surface area contributed by atoms with Crippen LogP contribution in [0.5, 0.6) is 0 Å². The predicted molar refractivity (Wildman–Crippen MR) is 116 cm³/mol. The van der Waals surface area contributed by atoms with Crippen LogP contribution in [-0.4, -0.2) is 10.8 Å². The topological polar surface area (TPSA) is 32.9 Å². The number of rotatable bonds is 3. The van der Waals surface area contributed by atoms with Gasteiger partial charge in [-0.05, 0) is 54.1 Å². The third-order valence-corrected chi connectivity index (χ3v) is 5.01. The largest absolute Gasteiger partial charge is 0.366 e. The smallest absolute Gasteiger partial charge is 0.195 e. The number of hydrogen-bond donors (Lipinski definition) is 1. The van der Waals surface area contributed by atoms with E-state index >= 15 is 0 Å². The van der Waals surface area contributed by atoms with E-state index in [0.717, 1.165) is 10.0 Å². The lowest BCUT2D eigenvalue weighted by molar-refractivity contribution is 0.103. The summed E-state index contributed by atoms with van der Waals surface area (Å²) in [6, 6.07) is 21.1. The van der Waals surface area contributed by atoms with Crippen molar-refractivity contribution in [3.05, 3.63) is 118 Å². The highest BCUT2D eigenvalue weighted by molar-refractivity contribution is 9.10. The molecule has 140 valence electrons. The van der Waals surface area contributed by atoms with E-state index in [9.17, 15) is 9.18 Å². The van der Waals surface area contributed by atoms with Crippen LogP contribution in [0.4, 0.5) is 4.39 Å². The lowest BCUT2D eigenvalue weighted by Gasteiger charge is -2.07. The number of benzene rings is 3. The van der Waals surface area contributed by atoms with Crippen LogP contribution in [0.2, 0.25) is 0 Å². The fraction of sp³-hybridized carbons (Fsp3) is 0. The Balaban J connectivity index is 1.77. The maximum Gasteiger partial charge on any atom is 0.195 e. The molecule has 1 N–H and O–H groups in total. The zero-order valence-electron chi connectivity index (χ0n) is 15.2. The van der Waals surface area contributed by atoms with Gasteiger partial charge in [0.15, 0.2) is 5.78 Å². The van der Waals surface area contributed by atoms with Gasteiger partial charge < -0.3 is 4.98 Å². The van der Waals surface area contributed by atoms with Crippen molar-refractivity contribution in [1.29, 1.82) is 0 Å². The van der Waals surface area contributed by atoms with Crippen molar-refractivity contribution in [2.24, 2.45) is 0 Å². The van der Waals surface area contributed by atoms with Crippen LogP contribution in [0.15, 0.2) is 89.7 Å². The molecule has 0 fully saturated rings. The third kappa shape index (κ3) is 4.21. The van der Waals surface area contributed by atoms with Crippen molar-refractivity contribution in [1.82, 2.24) is 4.98 Å².